The number of aromatic nitrogens is 3. The van der Waals surface area contributed by atoms with E-state index in [-0.39, 0.29) is 18.5 Å². The van der Waals surface area contributed by atoms with Crippen molar-refractivity contribution in [3.8, 4) is 11.4 Å². The van der Waals surface area contributed by atoms with E-state index in [0.717, 1.165) is 27.9 Å². The van der Waals surface area contributed by atoms with Gasteiger partial charge in [0.15, 0.2) is 11.6 Å². The van der Waals surface area contributed by atoms with Gasteiger partial charge in [-0.2, -0.15) is 0 Å². The molecule has 0 fully saturated rings. The lowest BCUT2D eigenvalue weighted by molar-refractivity contribution is -0.118. The molecule has 1 atom stereocenters. The van der Waals surface area contributed by atoms with Crippen molar-refractivity contribution in [1.82, 2.24) is 14.6 Å². The standard InChI is InChI=1S/C22H18ClN5O/c1-14(15-7-9-16(23)10-8-15)27-20-12-25-22(28(20)26-13-21(27)29)18-4-2-6-19-17(18)5-3-11-24-19/h2-12,14,26H,13H2,1H3. The number of anilines is 1. The molecule has 1 aliphatic rings. The fourth-order valence-corrected chi connectivity index (χ4v) is 3.95. The second-order valence-corrected chi connectivity index (χ2v) is 7.41. The number of nitrogens with one attached hydrogen (secondary N) is 1. The summed E-state index contributed by atoms with van der Waals surface area (Å²) in [5.74, 6) is 1.45. The molecule has 1 aliphatic heterocycles. The van der Waals surface area contributed by atoms with Crippen LogP contribution in [-0.2, 0) is 4.79 Å². The molecule has 144 valence electrons. The van der Waals surface area contributed by atoms with Gasteiger partial charge in [-0.15, -0.1) is 0 Å². The van der Waals surface area contributed by atoms with Gasteiger partial charge in [-0.3, -0.25) is 14.7 Å². The van der Waals surface area contributed by atoms with Crippen molar-refractivity contribution < 1.29 is 4.79 Å². The van der Waals surface area contributed by atoms with Gasteiger partial charge in [-0.25, -0.2) is 9.66 Å². The van der Waals surface area contributed by atoms with Crippen LogP contribution in [0.3, 0.4) is 0 Å². The van der Waals surface area contributed by atoms with Gasteiger partial charge >= 0.3 is 0 Å². The smallest absolute Gasteiger partial charge is 0.249 e. The Bertz CT molecular complexity index is 1210. The van der Waals surface area contributed by atoms with E-state index in [1.54, 1.807) is 17.3 Å². The summed E-state index contributed by atoms with van der Waals surface area (Å²) in [4.78, 5) is 23.6. The Morgan fingerprint density at radius 2 is 1.90 bits per heavy atom. The van der Waals surface area contributed by atoms with Crippen molar-refractivity contribution >= 4 is 34.2 Å². The van der Waals surface area contributed by atoms with Crippen LogP contribution in [0.2, 0.25) is 5.02 Å². The molecule has 0 saturated heterocycles. The van der Waals surface area contributed by atoms with E-state index < -0.39 is 0 Å². The number of pyridine rings is 1. The molecule has 0 radical (unpaired) electrons. The van der Waals surface area contributed by atoms with Crippen molar-refractivity contribution in [2.45, 2.75) is 13.0 Å². The fraction of sp³-hybridized carbons (Fsp3) is 0.136. The third-order valence-corrected chi connectivity index (χ3v) is 5.53. The number of amides is 1. The maximum Gasteiger partial charge on any atom is 0.249 e. The van der Waals surface area contributed by atoms with Crippen LogP contribution in [0.25, 0.3) is 22.3 Å². The normalized spacial score (nSPS) is 14.6. The highest BCUT2D eigenvalue weighted by molar-refractivity contribution is 6.30. The summed E-state index contributed by atoms with van der Waals surface area (Å²) >= 11 is 6.02. The highest BCUT2D eigenvalue weighted by atomic mass is 35.5. The first-order chi connectivity index (χ1) is 14.1. The minimum Gasteiger partial charge on any atom is -0.313 e. The molecule has 5 rings (SSSR count). The molecule has 7 heteroatoms. The molecule has 1 amide bonds. The molecule has 2 aromatic heterocycles. The van der Waals surface area contributed by atoms with Crippen LogP contribution in [0.5, 0.6) is 0 Å². The molecule has 0 aliphatic carbocycles. The summed E-state index contributed by atoms with van der Waals surface area (Å²) in [5.41, 5.74) is 6.06. The lowest BCUT2D eigenvalue weighted by Gasteiger charge is -2.34. The number of hydrogen-bond donors (Lipinski definition) is 1. The minimum atomic E-state index is -0.153. The minimum absolute atomic E-state index is 0.00835. The van der Waals surface area contributed by atoms with E-state index in [4.69, 9.17) is 11.6 Å². The lowest BCUT2D eigenvalue weighted by Crippen LogP contribution is -2.45. The highest BCUT2D eigenvalue weighted by Gasteiger charge is 2.31. The predicted octanol–water partition coefficient (Wildman–Crippen LogP) is 4.40. The van der Waals surface area contributed by atoms with Gasteiger partial charge in [0.2, 0.25) is 5.91 Å². The van der Waals surface area contributed by atoms with Crippen molar-refractivity contribution in [3.05, 3.63) is 77.6 Å². The van der Waals surface area contributed by atoms with Crippen molar-refractivity contribution in [2.75, 3.05) is 16.9 Å². The van der Waals surface area contributed by atoms with Gasteiger partial charge in [0, 0.05) is 22.2 Å². The average molecular weight is 404 g/mol. The van der Waals surface area contributed by atoms with Gasteiger partial charge in [-0.1, -0.05) is 41.9 Å². The summed E-state index contributed by atoms with van der Waals surface area (Å²) in [6.07, 6.45) is 3.51. The zero-order valence-electron chi connectivity index (χ0n) is 15.7. The monoisotopic (exact) mass is 403 g/mol. The molecule has 1 unspecified atom stereocenters. The summed E-state index contributed by atoms with van der Waals surface area (Å²) in [7, 11) is 0. The van der Waals surface area contributed by atoms with E-state index in [1.165, 1.54) is 0 Å². The largest absolute Gasteiger partial charge is 0.313 e. The Morgan fingerprint density at radius 1 is 1.07 bits per heavy atom. The quantitative estimate of drug-likeness (QED) is 0.550. The zero-order chi connectivity index (χ0) is 20.0. The van der Waals surface area contributed by atoms with Crippen molar-refractivity contribution in [2.24, 2.45) is 0 Å². The first-order valence-electron chi connectivity index (χ1n) is 9.37. The molecule has 1 N–H and O–H groups in total. The molecule has 0 bridgehead atoms. The molecule has 6 nitrogen and oxygen atoms in total. The maximum absolute atomic E-state index is 12.8. The number of halogens is 1. The van der Waals surface area contributed by atoms with Gasteiger partial charge in [0.1, 0.15) is 6.54 Å². The van der Waals surface area contributed by atoms with Crippen molar-refractivity contribution in [3.63, 3.8) is 0 Å². The zero-order valence-corrected chi connectivity index (χ0v) is 16.5. The number of carbonyl (C=O) groups is 1. The third-order valence-electron chi connectivity index (χ3n) is 5.27. The number of hydrogen-bond acceptors (Lipinski definition) is 4. The number of nitrogens with zero attached hydrogens (tertiary/aromatic N) is 4. The van der Waals surface area contributed by atoms with Crippen LogP contribution in [0, 0.1) is 0 Å². The van der Waals surface area contributed by atoms with E-state index in [2.05, 4.69) is 15.4 Å². The summed E-state index contributed by atoms with van der Waals surface area (Å²) in [6.45, 7) is 2.20. The molecule has 0 saturated carbocycles. The van der Waals surface area contributed by atoms with Gasteiger partial charge in [0.25, 0.3) is 0 Å². The van der Waals surface area contributed by atoms with Crippen molar-refractivity contribution in [1.29, 1.82) is 0 Å². The Kier molecular flexibility index (Phi) is 4.21. The Morgan fingerprint density at radius 3 is 2.72 bits per heavy atom. The van der Waals surface area contributed by atoms with Crippen LogP contribution in [0.1, 0.15) is 18.5 Å². The molecule has 29 heavy (non-hydrogen) atoms. The number of imidazole rings is 1. The predicted molar refractivity (Wildman–Crippen MR) is 115 cm³/mol. The Labute approximate surface area is 172 Å². The lowest BCUT2D eigenvalue weighted by atomic mass is 10.1. The van der Waals surface area contributed by atoms with E-state index in [9.17, 15) is 4.79 Å². The molecule has 0 spiro atoms. The average Bonchev–Trinajstić information content (AvgIpc) is 3.17. The molecule has 4 aromatic rings. The second-order valence-electron chi connectivity index (χ2n) is 6.98. The first-order valence-corrected chi connectivity index (χ1v) is 9.74. The van der Waals surface area contributed by atoms with Crippen LogP contribution in [-0.4, -0.2) is 27.1 Å². The maximum atomic E-state index is 12.8. The molecule has 3 heterocycles. The van der Waals surface area contributed by atoms with Crippen LogP contribution in [0.15, 0.2) is 67.0 Å². The highest BCUT2D eigenvalue weighted by Crippen LogP contribution is 2.34. The SMILES string of the molecule is CC(c1ccc(Cl)cc1)N1C(=O)CNn2c1cnc2-c1cccc2ncccc12. The summed E-state index contributed by atoms with van der Waals surface area (Å²) < 4.78 is 1.88. The van der Waals surface area contributed by atoms with Crippen LogP contribution < -0.4 is 10.3 Å². The second kappa shape index (κ2) is 6.90. The number of fused-ring (bicyclic) bond motifs is 2. The van der Waals surface area contributed by atoms with E-state index in [0.29, 0.717) is 10.8 Å². The number of carbonyl (C=O) groups excluding carboxylic acids is 1. The number of benzene rings is 2. The first kappa shape index (κ1) is 17.7. The Hall–Kier alpha value is -3.38. The third kappa shape index (κ3) is 2.93. The van der Waals surface area contributed by atoms with Gasteiger partial charge in [0.05, 0.1) is 17.8 Å². The van der Waals surface area contributed by atoms with Crippen LogP contribution >= 0.6 is 11.6 Å². The molecular weight excluding hydrogens is 386 g/mol. The summed E-state index contributed by atoms with van der Waals surface area (Å²) in [5, 5.41) is 1.68. The molecular formula is C22H18ClN5O. The van der Waals surface area contributed by atoms with Gasteiger partial charge in [-0.05, 0) is 36.8 Å². The topological polar surface area (TPSA) is 63.1 Å². The van der Waals surface area contributed by atoms with E-state index in [1.807, 2.05) is 66.2 Å². The molecule has 2 aromatic carbocycles. The van der Waals surface area contributed by atoms with Gasteiger partial charge < -0.3 is 5.43 Å². The Balaban J connectivity index is 1.61. The van der Waals surface area contributed by atoms with Crippen LogP contribution in [0.4, 0.5) is 5.82 Å². The summed E-state index contributed by atoms with van der Waals surface area (Å²) in [6, 6.07) is 17.3. The number of rotatable bonds is 3. The fourth-order valence-electron chi connectivity index (χ4n) is 3.82. The van der Waals surface area contributed by atoms with E-state index >= 15 is 0 Å².